The highest BCUT2D eigenvalue weighted by molar-refractivity contribution is 7.12. The molecule has 2 aromatic rings. The molecule has 2 rings (SSSR count). The summed E-state index contributed by atoms with van der Waals surface area (Å²) in [5, 5.41) is 12.8. The van der Waals surface area contributed by atoms with Crippen LogP contribution in [0, 0.1) is 6.92 Å². The highest BCUT2D eigenvalue weighted by atomic mass is 32.1. The van der Waals surface area contributed by atoms with E-state index in [1.165, 1.54) is 9.75 Å². The number of hydrogen-bond donors (Lipinski definition) is 2. The van der Waals surface area contributed by atoms with Crippen LogP contribution >= 0.6 is 11.3 Å². The maximum atomic E-state index is 9.44. The van der Waals surface area contributed by atoms with Crippen LogP contribution in [0.4, 0.5) is 5.69 Å². The number of benzene rings is 1. The minimum Gasteiger partial charge on any atom is -0.508 e. The zero-order valence-electron chi connectivity index (χ0n) is 10.2. The lowest BCUT2D eigenvalue weighted by atomic mass is 10.2. The summed E-state index contributed by atoms with van der Waals surface area (Å²) in [4.78, 5) is 2.76. The Hall–Kier alpha value is -1.48. The number of rotatable bonds is 4. The molecule has 0 radical (unpaired) electrons. The van der Waals surface area contributed by atoms with E-state index in [1.807, 2.05) is 30.4 Å². The number of anilines is 1. The Balaban J connectivity index is 1.99. The molecule has 0 fully saturated rings. The van der Waals surface area contributed by atoms with Gasteiger partial charge in [-0.15, -0.1) is 11.3 Å². The summed E-state index contributed by atoms with van der Waals surface area (Å²) in [7, 11) is 0. The third kappa shape index (κ3) is 3.01. The van der Waals surface area contributed by atoms with Crippen LogP contribution < -0.4 is 5.32 Å². The lowest BCUT2D eigenvalue weighted by Crippen LogP contribution is -1.97. The van der Waals surface area contributed by atoms with Crippen LogP contribution in [0.1, 0.15) is 22.2 Å². The van der Waals surface area contributed by atoms with Crippen LogP contribution in [0.3, 0.4) is 0 Å². The molecule has 17 heavy (non-hydrogen) atoms. The molecule has 0 aliphatic rings. The first-order valence-electron chi connectivity index (χ1n) is 5.80. The fourth-order valence-electron chi connectivity index (χ4n) is 1.66. The van der Waals surface area contributed by atoms with E-state index in [9.17, 15) is 5.11 Å². The van der Waals surface area contributed by atoms with E-state index in [-0.39, 0.29) is 0 Å². The lowest BCUT2D eigenvalue weighted by Gasteiger charge is -2.06. The zero-order chi connectivity index (χ0) is 12.3. The van der Waals surface area contributed by atoms with Crippen LogP contribution in [0.25, 0.3) is 0 Å². The van der Waals surface area contributed by atoms with Gasteiger partial charge >= 0.3 is 0 Å². The van der Waals surface area contributed by atoms with Gasteiger partial charge in [0.2, 0.25) is 0 Å². The molecule has 0 saturated heterocycles. The average molecular weight is 247 g/mol. The van der Waals surface area contributed by atoms with Gasteiger partial charge in [0.1, 0.15) is 5.75 Å². The molecule has 0 aliphatic carbocycles. The van der Waals surface area contributed by atoms with Crippen LogP contribution in [0.5, 0.6) is 5.75 Å². The minimum atomic E-state index is 0.347. The Morgan fingerprint density at radius 2 is 1.94 bits per heavy atom. The van der Waals surface area contributed by atoms with Crippen molar-refractivity contribution in [3.05, 3.63) is 45.6 Å². The summed E-state index contributed by atoms with van der Waals surface area (Å²) < 4.78 is 0. The molecule has 0 atom stereocenters. The van der Waals surface area contributed by atoms with E-state index in [1.54, 1.807) is 6.07 Å². The first kappa shape index (κ1) is 12.0. The van der Waals surface area contributed by atoms with Crippen LogP contribution in [0.2, 0.25) is 0 Å². The summed E-state index contributed by atoms with van der Waals surface area (Å²) >= 11 is 1.85. The molecule has 0 unspecified atom stereocenters. The van der Waals surface area contributed by atoms with Gasteiger partial charge < -0.3 is 10.4 Å². The summed E-state index contributed by atoms with van der Waals surface area (Å²) in [6, 6.07) is 9.94. The molecule has 0 saturated carbocycles. The van der Waals surface area contributed by atoms with Gasteiger partial charge in [0.15, 0.2) is 0 Å². The quantitative estimate of drug-likeness (QED) is 0.802. The molecular formula is C14H17NOS. The number of nitrogens with one attached hydrogen (secondary N) is 1. The maximum Gasteiger partial charge on any atom is 0.118 e. The van der Waals surface area contributed by atoms with Crippen LogP contribution in [-0.4, -0.2) is 5.11 Å². The van der Waals surface area contributed by atoms with Gasteiger partial charge in [-0.3, -0.25) is 0 Å². The van der Waals surface area contributed by atoms with E-state index in [4.69, 9.17) is 0 Å². The second kappa shape index (κ2) is 5.23. The Labute approximate surface area is 106 Å². The largest absolute Gasteiger partial charge is 0.508 e. The molecule has 1 heterocycles. The Bertz CT molecular complexity index is 505. The number of aromatic hydroxyl groups is 1. The van der Waals surface area contributed by atoms with E-state index < -0.39 is 0 Å². The predicted octanol–water partition coefficient (Wildman–Crippen LogP) is 3.94. The topological polar surface area (TPSA) is 32.3 Å². The average Bonchev–Trinajstić information content (AvgIpc) is 2.79. The predicted molar refractivity (Wildman–Crippen MR) is 73.9 cm³/mol. The summed E-state index contributed by atoms with van der Waals surface area (Å²) in [6.07, 6.45) is 1.10. The molecule has 1 aromatic heterocycles. The van der Waals surface area contributed by atoms with Crippen molar-refractivity contribution in [3.8, 4) is 5.75 Å². The van der Waals surface area contributed by atoms with Crippen LogP contribution in [-0.2, 0) is 13.0 Å². The molecule has 0 bridgehead atoms. The van der Waals surface area contributed by atoms with Gasteiger partial charge in [0.25, 0.3) is 0 Å². The summed E-state index contributed by atoms with van der Waals surface area (Å²) in [5.74, 6) is 0.347. The highest BCUT2D eigenvalue weighted by Gasteiger charge is 2.00. The first-order chi connectivity index (χ1) is 8.19. The van der Waals surface area contributed by atoms with Crippen molar-refractivity contribution in [2.24, 2.45) is 0 Å². The van der Waals surface area contributed by atoms with Crippen LogP contribution in [0.15, 0.2) is 30.3 Å². The van der Waals surface area contributed by atoms with Crippen molar-refractivity contribution >= 4 is 17.0 Å². The van der Waals surface area contributed by atoms with Crippen molar-refractivity contribution in [3.63, 3.8) is 0 Å². The van der Waals surface area contributed by atoms with Gasteiger partial charge in [-0.1, -0.05) is 6.92 Å². The maximum absolute atomic E-state index is 9.44. The van der Waals surface area contributed by atoms with E-state index in [2.05, 4.69) is 24.4 Å². The van der Waals surface area contributed by atoms with Gasteiger partial charge in [-0.05, 0) is 49.2 Å². The number of hydrogen-bond acceptors (Lipinski definition) is 3. The minimum absolute atomic E-state index is 0.347. The molecule has 90 valence electrons. The number of aryl methyl sites for hydroxylation is 2. The molecule has 2 nitrogen and oxygen atoms in total. The molecule has 0 aliphatic heterocycles. The van der Waals surface area contributed by atoms with E-state index in [0.29, 0.717) is 5.75 Å². The Kier molecular flexibility index (Phi) is 3.69. The molecule has 0 spiro atoms. The third-order valence-electron chi connectivity index (χ3n) is 2.73. The third-order valence-corrected chi connectivity index (χ3v) is 3.96. The fraction of sp³-hybridized carbons (Fsp3) is 0.286. The lowest BCUT2D eigenvalue weighted by molar-refractivity contribution is 0.471. The van der Waals surface area contributed by atoms with Gasteiger partial charge in [-0.2, -0.15) is 0 Å². The SMILES string of the molecule is CCc1ccc(CNc2ccc(O)c(C)c2)s1. The summed E-state index contributed by atoms with van der Waals surface area (Å²) in [6.45, 7) is 4.92. The number of thiophene rings is 1. The molecule has 3 heteroatoms. The number of phenols is 1. The molecular weight excluding hydrogens is 230 g/mol. The summed E-state index contributed by atoms with van der Waals surface area (Å²) in [5.41, 5.74) is 1.95. The second-order valence-electron chi connectivity index (χ2n) is 4.08. The van der Waals surface area contributed by atoms with Gasteiger partial charge in [0.05, 0.1) is 0 Å². The van der Waals surface area contributed by atoms with Crippen molar-refractivity contribution in [2.75, 3.05) is 5.32 Å². The second-order valence-corrected chi connectivity index (χ2v) is 5.33. The van der Waals surface area contributed by atoms with E-state index in [0.717, 1.165) is 24.2 Å². The van der Waals surface area contributed by atoms with Gasteiger partial charge in [0, 0.05) is 22.0 Å². The molecule has 2 N–H and O–H groups in total. The van der Waals surface area contributed by atoms with Crippen molar-refractivity contribution < 1.29 is 5.11 Å². The standard InChI is InChI=1S/C14H17NOS/c1-3-12-5-6-13(17-12)9-15-11-4-7-14(16)10(2)8-11/h4-8,15-16H,3,9H2,1-2H3. The van der Waals surface area contributed by atoms with Gasteiger partial charge in [-0.25, -0.2) is 0 Å². The fourth-order valence-corrected chi connectivity index (χ4v) is 2.56. The smallest absolute Gasteiger partial charge is 0.118 e. The van der Waals surface area contributed by atoms with Crippen molar-refractivity contribution in [1.29, 1.82) is 0 Å². The Morgan fingerprint density at radius 3 is 2.59 bits per heavy atom. The van der Waals surface area contributed by atoms with Crippen molar-refractivity contribution in [1.82, 2.24) is 0 Å². The number of phenolic OH excluding ortho intramolecular Hbond substituents is 1. The molecule has 0 amide bonds. The monoisotopic (exact) mass is 247 g/mol. The first-order valence-corrected chi connectivity index (χ1v) is 6.61. The normalized spacial score (nSPS) is 10.5. The zero-order valence-corrected chi connectivity index (χ0v) is 11.0. The molecule has 1 aromatic carbocycles. The Morgan fingerprint density at radius 1 is 1.18 bits per heavy atom. The van der Waals surface area contributed by atoms with E-state index >= 15 is 0 Å². The van der Waals surface area contributed by atoms with Crippen molar-refractivity contribution in [2.45, 2.75) is 26.8 Å². The highest BCUT2D eigenvalue weighted by Crippen LogP contribution is 2.22.